The van der Waals surface area contributed by atoms with E-state index < -0.39 is 0 Å². The van der Waals surface area contributed by atoms with E-state index in [0.717, 1.165) is 43.8 Å². The molecular weight excluding hydrogens is 336 g/mol. The second-order valence-corrected chi connectivity index (χ2v) is 7.59. The zero-order valence-electron chi connectivity index (χ0n) is 16.4. The number of rotatable bonds is 8. The largest absolute Gasteiger partial charge is 0.483 e. The van der Waals surface area contributed by atoms with Crippen LogP contribution in [0.15, 0.2) is 48.5 Å². The molecule has 2 aromatic carbocycles. The van der Waals surface area contributed by atoms with Gasteiger partial charge in [0.2, 0.25) is 0 Å². The van der Waals surface area contributed by atoms with Gasteiger partial charge < -0.3 is 15.0 Å². The Kier molecular flexibility index (Phi) is 6.88. The lowest BCUT2D eigenvalue weighted by Gasteiger charge is -2.25. The van der Waals surface area contributed by atoms with Crippen molar-refractivity contribution < 1.29 is 9.53 Å². The number of benzene rings is 2. The van der Waals surface area contributed by atoms with E-state index >= 15 is 0 Å². The summed E-state index contributed by atoms with van der Waals surface area (Å²) in [6, 6.07) is 16.3. The maximum Gasteiger partial charge on any atom is 0.260 e. The van der Waals surface area contributed by atoms with Gasteiger partial charge in [-0.1, -0.05) is 56.3 Å². The van der Waals surface area contributed by atoms with Gasteiger partial charge >= 0.3 is 0 Å². The van der Waals surface area contributed by atoms with E-state index in [-0.39, 0.29) is 12.5 Å². The molecule has 0 radical (unpaired) electrons. The molecule has 144 valence electrons. The minimum Gasteiger partial charge on any atom is -0.483 e. The van der Waals surface area contributed by atoms with Crippen molar-refractivity contribution in [3.05, 3.63) is 65.2 Å². The highest BCUT2D eigenvalue weighted by Gasteiger charge is 2.18. The number of carbonyl (C=O) groups excluding carboxylic acids is 1. The van der Waals surface area contributed by atoms with Gasteiger partial charge in [0.1, 0.15) is 5.75 Å². The molecule has 1 aliphatic rings. The van der Waals surface area contributed by atoms with E-state index in [9.17, 15) is 4.79 Å². The Labute approximate surface area is 162 Å². The number of amides is 1. The van der Waals surface area contributed by atoms with Gasteiger partial charge in [-0.2, -0.15) is 0 Å². The fraction of sp³-hybridized carbons (Fsp3) is 0.435. The summed E-state index contributed by atoms with van der Waals surface area (Å²) in [4.78, 5) is 14.8. The SMILES string of the molecule is CC(C)CCN(Cc1ccccc1)C(=O)COc1cccc2c1CCNC2. The predicted octanol–water partition coefficient (Wildman–Crippen LogP) is 3.79. The molecule has 2 aromatic rings. The normalized spacial score (nSPS) is 13.3. The minimum atomic E-state index is 0.0473. The van der Waals surface area contributed by atoms with E-state index in [1.807, 2.05) is 35.2 Å². The average Bonchev–Trinajstić information content (AvgIpc) is 2.70. The highest BCUT2D eigenvalue weighted by molar-refractivity contribution is 5.77. The average molecular weight is 367 g/mol. The maximum atomic E-state index is 12.9. The van der Waals surface area contributed by atoms with Crippen molar-refractivity contribution in [3.63, 3.8) is 0 Å². The Hall–Kier alpha value is -2.33. The fourth-order valence-corrected chi connectivity index (χ4v) is 3.37. The van der Waals surface area contributed by atoms with Crippen LogP contribution in [-0.4, -0.2) is 30.5 Å². The molecule has 0 aliphatic carbocycles. The first-order chi connectivity index (χ1) is 13.1. The standard InChI is InChI=1S/C23H30N2O2/c1-18(2)12-14-25(16-19-7-4-3-5-8-19)23(26)17-27-22-10-6-9-20-15-24-13-11-21(20)22/h3-10,18,24H,11-17H2,1-2H3. The zero-order valence-corrected chi connectivity index (χ0v) is 16.4. The van der Waals surface area contributed by atoms with E-state index in [0.29, 0.717) is 12.5 Å². The van der Waals surface area contributed by atoms with Crippen LogP contribution >= 0.6 is 0 Å². The van der Waals surface area contributed by atoms with E-state index in [1.165, 1.54) is 11.1 Å². The molecule has 0 saturated carbocycles. The van der Waals surface area contributed by atoms with Gasteiger partial charge in [0.15, 0.2) is 6.61 Å². The van der Waals surface area contributed by atoms with E-state index in [4.69, 9.17) is 4.74 Å². The first-order valence-electron chi connectivity index (χ1n) is 9.89. The predicted molar refractivity (Wildman–Crippen MR) is 109 cm³/mol. The molecule has 4 nitrogen and oxygen atoms in total. The second kappa shape index (κ2) is 9.56. The number of nitrogens with zero attached hydrogens (tertiary/aromatic N) is 1. The smallest absolute Gasteiger partial charge is 0.260 e. The third-order valence-electron chi connectivity index (χ3n) is 4.99. The van der Waals surface area contributed by atoms with E-state index in [2.05, 4.69) is 37.4 Å². The highest BCUT2D eigenvalue weighted by Crippen LogP contribution is 2.25. The summed E-state index contributed by atoms with van der Waals surface area (Å²) in [6.45, 7) is 7.68. The molecule has 0 aromatic heterocycles. The Morgan fingerprint density at radius 1 is 1.15 bits per heavy atom. The monoisotopic (exact) mass is 366 g/mol. The lowest BCUT2D eigenvalue weighted by molar-refractivity contribution is -0.134. The number of ether oxygens (including phenoxy) is 1. The molecule has 4 heteroatoms. The van der Waals surface area contributed by atoms with Crippen LogP contribution in [0.4, 0.5) is 0 Å². The molecule has 0 spiro atoms. The molecule has 1 heterocycles. The minimum absolute atomic E-state index is 0.0473. The van der Waals surface area contributed by atoms with Crippen LogP contribution in [0, 0.1) is 5.92 Å². The summed E-state index contributed by atoms with van der Waals surface area (Å²) in [7, 11) is 0. The van der Waals surface area contributed by atoms with Gasteiger partial charge in [-0.3, -0.25) is 4.79 Å². The summed E-state index contributed by atoms with van der Waals surface area (Å²) in [5, 5.41) is 3.38. The van der Waals surface area contributed by atoms with E-state index in [1.54, 1.807) is 0 Å². The van der Waals surface area contributed by atoms with Crippen molar-refractivity contribution in [2.45, 2.75) is 39.8 Å². The topological polar surface area (TPSA) is 41.6 Å². The second-order valence-electron chi connectivity index (χ2n) is 7.59. The van der Waals surface area contributed by atoms with Crippen LogP contribution < -0.4 is 10.1 Å². The third-order valence-corrected chi connectivity index (χ3v) is 4.99. The summed E-state index contributed by atoms with van der Waals surface area (Å²) < 4.78 is 5.97. The molecule has 27 heavy (non-hydrogen) atoms. The van der Waals surface area contributed by atoms with Gasteiger partial charge in [0.05, 0.1) is 0 Å². The number of hydrogen-bond acceptors (Lipinski definition) is 3. The number of carbonyl (C=O) groups is 1. The van der Waals surface area contributed by atoms with Crippen LogP contribution in [0.1, 0.15) is 37.0 Å². The molecule has 1 amide bonds. The van der Waals surface area contributed by atoms with Crippen molar-refractivity contribution >= 4 is 5.91 Å². The van der Waals surface area contributed by atoms with Crippen molar-refractivity contribution in [3.8, 4) is 5.75 Å². The lowest BCUT2D eigenvalue weighted by atomic mass is 10.0. The zero-order chi connectivity index (χ0) is 19.1. The molecule has 0 atom stereocenters. The number of hydrogen-bond donors (Lipinski definition) is 1. The number of nitrogens with one attached hydrogen (secondary N) is 1. The van der Waals surface area contributed by atoms with Crippen LogP contribution in [0.5, 0.6) is 5.75 Å². The number of fused-ring (bicyclic) bond motifs is 1. The van der Waals surface area contributed by atoms with Crippen LogP contribution in [-0.2, 0) is 24.3 Å². The van der Waals surface area contributed by atoms with Crippen LogP contribution in [0.25, 0.3) is 0 Å². The quantitative estimate of drug-likeness (QED) is 0.773. The van der Waals surface area contributed by atoms with Gasteiger partial charge in [-0.05, 0) is 48.1 Å². The van der Waals surface area contributed by atoms with Gasteiger partial charge in [0, 0.05) is 19.6 Å². The van der Waals surface area contributed by atoms with Crippen molar-refractivity contribution in [2.75, 3.05) is 19.7 Å². The van der Waals surface area contributed by atoms with Crippen LogP contribution in [0.2, 0.25) is 0 Å². The molecule has 1 aliphatic heterocycles. The molecule has 0 bridgehead atoms. The molecule has 0 saturated heterocycles. The van der Waals surface area contributed by atoms with Crippen molar-refractivity contribution in [2.24, 2.45) is 5.92 Å². The summed E-state index contributed by atoms with van der Waals surface area (Å²) >= 11 is 0. The maximum absolute atomic E-state index is 12.9. The molecular formula is C23H30N2O2. The Balaban J connectivity index is 1.65. The highest BCUT2D eigenvalue weighted by atomic mass is 16.5. The molecule has 1 N–H and O–H groups in total. The van der Waals surface area contributed by atoms with Crippen molar-refractivity contribution in [1.29, 1.82) is 0 Å². The first-order valence-corrected chi connectivity index (χ1v) is 9.89. The van der Waals surface area contributed by atoms with Crippen molar-refractivity contribution in [1.82, 2.24) is 10.2 Å². The van der Waals surface area contributed by atoms with Gasteiger partial charge in [-0.25, -0.2) is 0 Å². The van der Waals surface area contributed by atoms with Gasteiger partial charge in [0.25, 0.3) is 5.91 Å². The molecule has 0 fully saturated rings. The Bertz CT molecular complexity index is 743. The third kappa shape index (κ3) is 5.57. The fourth-order valence-electron chi connectivity index (χ4n) is 3.37. The Morgan fingerprint density at radius 2 is 1.96 bits per heavy atom. The van der Waals surface area contributed by atoms with Crippen LogP contribution in [0.3, 0.4) is 0 Å². The van der Waals surface area contributed by atoms with Gasteiger partial charge in [-0.15, -0.1) is 0 Å². The first kappa shape index (κ1) is 19.4. The Morgan fingerprint density at radius 3 is 2.74 bits per heavy atom. The molecule has 3 rings (SSSR count). The summed E-state index contributed by atoms with van der Waals surface area (Å²) in [5.74, 6) is 1.46. The molecule has 0 unspecified atom stereocenters. The summed E-state index contributed by atoms with van der Waals surface area (Å²) in [5.41, 5.74) is 3.66. The summed E-state index contributed by atoms with van der Waals surface area (Å²) in [6.07, 6.45) is 1.94. The lowest BCUT2D eigenvalue weighted by Crippen LogP contribution is -2.36.